The maximum Gasteiger partial charge on any atom is 0.257 e. The van der Waals surface area contributed by atoms with Crippen molar-refractivity contribution < 1.29 is 13.9 Å². The first-order chi connectivity index (χ1) is 13.0. The van der Waals surface area contributed by atoms with Crippen LogP contribution in [0.3, 0.4) is 0 Å². The monoisotopic (exact) mass is 369 g/mol. The highest BCUT2D eigenvalue weighted by Crippen LogP contribution is 2.34. The number of carbonyl (C=O) groups excluding carboxylic acids is 1. The summed E-state index contributed by atoms with van der Waals surface area (Å²) in [6.45, 7) is 2.97. The van der Waals surface area contributed by atoms with Gasteiger partial charge >= 0.3 is 0 Å². The van der Waals surface area contributed by atoms with E-state index in [-0.39, 0.29) is 18.3 Å². The number of rotatable bonds is 6. The molecule has 0 bridgehead atoms. The fraction of sp³-hybridized carbons (Fsp3) is 0.333. The molecule has 142 valence electrons. The predicted octanol–water partition coefficient (Wildman–Crippen LogP) is 3.46. The van der Waals surface area contributed by atoms with Crippen molar-refractivity contribution in [2.75, 3.05) is 27.2 Å². The highest BCUT2D eigenvalue weighted by molar-refractivity contribution is 6.03. The number of amides is 1. The quantitative estimate of drug-likeness (QED) is 0.783. The number of halogens is 1. The van der Waals surface area contributed by atoms with Gasteiger partial charge in [0.2, 0.25) is 0 Å². The van der Waals surface area contributed by atoms with E-state index in [1.807, 2.05) is 43.1 Å². The van der Waals surface area contributed by atoms with Gasteiger partial charge in [-0.25, -0.2) is 9.40 Å². The third-order valence-corrected chi connectivity index (χ3v) is 4.80. The van der Waals surface area contributed by atoms with Gasteiger partial charge < -0.3 is 4.74 Å². The molecule has 5 nitrogen and oxygen atoms in total. The zero-order valence-corrected chi connectivity index (χ0v) is 15.9. The number of benzene rings is 2. The molecule has 0 aliphatic carbocycles. The van der Waals surface area contributed by atoms with E-state index in [1.54, 1.807) is 25.3 Å². The molecule has 27 heavy (non-hydrogen) atoms. The molecule has 0 radical (unpaired) electrons. The Morgan fingerprint density at radius 1 is 1.26 bits per heavy atom. The minimum atomic E-state index is -0.443. The summed E-state index contributed by atoms with van der Waals surface area (Å²) in [7, 11) is 3.49. The fourth-order valence-corrected chi connectivity index (χ4v) is 3.10. The summed E-state index contributed by atoms with van der Waals surface area (Å²) < 4.78 is 19.6. The largest absolute Gasteiger partial charge is 0.497 e. The van der Waals surface area contributed by atoms with Crippen molar-refractivity contribution in [2.45, 2.75) is 19.4 Å². The Bertz CT molecular complexity index is 836. The second kappa shape index (κ2) is 8.31. The van der Waals surface area contributed by atoms with Gasteiger partial charge in [-0.1, -0.05) is 25.1 Å². The number of hydrogen-bond acceptors (Lipinski definition) is 4. The Morgan fingerprint density at radius 2 is 1.96 bits per heavy atom. The van der Waals surface area contributed by atoms with E-state index in [2.05, 4.69) is 5.10 Å². The number of likely N-dealkylation sites (N-methyl/N-ethyl adjacent to an activating group) is 1. The third kappa shape index (κ3) is 4.17. The first-order valence-corrected chi connectivity index (χ1v) is 9.00. The SMILES string of the molecule is CCN(C)CC(=O)N1N=C(c2ccc(OC)cc2)CC1c1ccccc1F. The number of hydrazone groups is 1. The van der Waals surface area contributed by atoms with Gasteiger partial charge in [-0.2, -0.15) is 5.10 Å². The van der Waals surface area contributed by atoms with Crippen LogP contribution in [0.4, 0.5) is 4.39 Å². The second-order valence-corrected chi connectivity index (χ2v) is 6.59. The number of methoxy groups -OCH3 is 1. The molecule has 2 aromatic rings. The molecule has 1 atom stereocenters. The van der Waals surface area contributed by atoms with Crippen molar-refractivity contribution in [1.29, 1.82) is 0 Å². The van der Waals surface area contributed by atoms with Crippen LogP contribution in [0.1, 0.15) is 30.5 Å². The Balaban J connectivity index is 1.93. The van der Waals surface area contributed by atoms with Crippen molar-refractivity contribution in [3.05, 3.63) is 65.5 Å². The average Bonchev–Trinajstić information content (AvgIpc) is 3.13. The molecule has 1 aliphatic rings. The predicted molar refractivity (Wildman–Crippen MR) is 103 cm³/mol. The molecule has 2 aromatic carbocycles. The van der Waals surface area contributed by atoms with Crippen LogP contribution in [0.5, 0.6) is 5.75 Å². The highest BCUT2D eigenvalue weighted by atomic mass is 19.1. The zero-order chi connectivity index (χ0) is 19.4. The smallest absolute Gasteiger partial charge is 0.257 e. The van der Waals surface area contributed by atoms with Crippen molar-refractivity contribution in [3.8, 4) is 5.75 Å². The maximum atomic E-state index is 14.4. The molecule has 3 rings (SSSR count). The Labute approximate surface area is 159 Å². The van der Waals surface area contributed by atoms with Crippen LogP contribution in [-0.2, 0) is 4.79 Å². The lowest BCUT2D eigenvalue weighted by molar-refractivity contribution is -0.133. The third-order valence-electron chi connectivity index (χ3n) is 4.80. The van der Waals surface area contributed by atoms with E-state index in [1.165, 1.54) is 11.1 Å². The first-order valence-electron chi connectivity index (χ1n) is 9.00. The van der Waals surface area contributed by atoms with Crippen LogP contribution < -0.4 is 4.74 Å². The summed E-state index contributed by atoms with van der Waals surface area (Å²) in [5, 5.41) is 6.00. The lowest BCUT2D eigenvalue weighted by Crippen LogP contribution is -2.36. The standard InChI is InChI=1S/C21H24FN3O2/c1-4-24(2)14-21(26)25-20(17-7-5-6-8-18(17)22)13-19(23-25)15-9-11-16(27-3)12-10-15/h5-12,20H,4,13-14H2,1-3H3. The van der Waals surface area contributed by atoms with Crippen LogP contribution >= 0.6 is 0 Å². The lowest BCUT2D eigenvalue weighted by atomic mass is 9.98. The summed E-state index contributed by atoms with van der Waals surface area (Å²) in [6, 6.07) is 13.6. The molecular formula is C21H24FN3O2. The highest BCUT2D eigenvalue weighted by Gasteiger charge is 2.34. The van der Waals surface area contributed by atoms with Crippen LogP contribution in [-0.4, -0.2) is 48.8 Å². The molecule has 1 amide bonds. The minimum absolute atomic E-state index is 0.142. The molecule has 0 saturated heterocycles. The van der Waals surface area contributed by atoms with E-state index < -0.39 is 6.04 Å². The molecular weight excluding hydrogens is 345 g/mol. The second-order valence-electron chi connectivity index (χ2n) is 6.59. The number of carbonyl (C=O) groups is 1. The van der Waals surface area contributed by atoms with Crippen molar-refractivity contribution >= 4 is 11.6 Å². The Morgan fingerprint density at radius 3 is 2.59 bits per heavy atom. The van der Waals surface area contributed by atoms with E-state index >= 15 is 0 Å². The number of hydrogen-bond donors (Lipinski definition) is 0. The van der Waals surface area contributed by atoms with Crippen molar-refractivity contribution in [3.63, 3.8) is 0 Å². The average molecular weight is 369 g/mol. The number of ether oxygens (including phenoxy) is 1. The lowest BCUT2D eigenvalue weighted by Gasteiger charge is -2.24. The van der Waals surface area contributed by atoms with Gasteiger partial charge in [0, 0.05) is 12.0 Å². The van der Waals surface area contributed by atoms with Crippen molar-refractivity contribution in [2.24, 2.45) is 5.10 Å². The summed E-state index contributed by atoms with van der Waals surface area (Å²) in [4.78, 5) is 14.7. The first kappa shape index (κ1) is 19.0. The summed E-state index contributed by atoms with van der Waals surface area (Å²) in [5.41, 5.74) is 2.15. The summed E-state index contributed by atoms with van der Waals surface area (Å²) in [5.74, 6) is 0.284. The van der Waals surface area contributed by atoms with Crippen LogP contribution in [0, 0.1) is 5.82 Å². The van der Waals surface area contributed by atoms with Gasteiger partial charge in [-0.15, -0.1) is 0 Å². The van der Waals surface area contributed by atoms with Gasteiger partial charge in [-0.3, -0.25) is 9.69 Å². The van der Waals surface area contributed by atoms with Crippen LogP contribution in [0.15, 0.2) is 53.6 Å². The maximum absolute atomic E-state index is 14.4. The molecule has 1 heterocycles. The molecule has 1 unspecified atom stereocenters. The van der Waals surface area contributed by atoms with Gasteiger partial charge in [0.05, 0.1) is 25.4 Å². The summed E-state index contributed by atoms with van der Waals surface area (Å²) in [6.07, 6.45) is 0.467. The molecule has 0 spiro atoms. The van der Waals surface area contributed by atoms with Crippen LogP contribution in [0.25, 0.3) is 0 Å². The molecule has 0 aromatic heterocycles. The molecule has 0 saturated carbocycles. The fourth-order valence-electron chi connectivity index (χ4n) is 3.10. The molecule has 0 fully saturated rings. The van der Waals surface area contributed by atoms with Crippen molar-refractivity contribution in [1.82, 2.24) is 9.91 Å². The van der Waals surface area contributed by atoms with Gasteiger partial charge in [0.1, 0.15) is 11.6 Å². The van der Waals surface area contributed by atoms with E-state index in [0.717, 1.165) is 23.6 Å². The van der Waals surface area contributed by atoms with Gasteiger partial charge in [-0.05, 0) is 49.5 Å². The van der Waals surface area contributed by atoms with Gasteiger partial charge in [0.25, 0.3) is 5.91 Å². The Hall–Kier alpha value is -2.73. The molecule has 1 aliphatic heterocycles. The topological polar surface area (TPSA) is 45.1 Å². The molecule has 6 heteroatoms. The number of nitrogens with zero attached hydrogens (tertiary/aromatic N) is 3. The minimum Gasteiger partial charge on any atom is -0.497 e. The molecule has 0 N–H and O–H groups in total. The van der Waals surface area contributed by atoms with E-state index in [0.29, 0.717) is 12.0 Å². The van der Waals surface area contributed by atoms with Gasteiger partial charge in [0.15, 0.2) is 0 Å². The normalized spacial score (nSPS) is 16.6. The van der Waals surface area contributed by atoms with E-state index in [9.17, 15) is 9.18 Å². The van der Waals surface area contributed by atoms with Crippen LogP contribution in [0.2, 0.25) is 0 Å². The zero-order valence-electron chi connectivity index (χ0n) is 15.9. The Kier molecular flexibility index (Phi) is 5.86. The summed E-state index contributed by atoms with van der Waals surface area (Å²) >= 11 is 0. The van der Waals surface area contributed by atoms with E-state index in [4.69, 9.17) is 4.74 Å².